The standard InChI is InChI=1S/C18H19N3O2S/c1-4-23-18(22)14-9-24-17-15(14)16(19-10-20-17)21-13-7-5-12(6-8-13)11(2)3/h5-11H,4H2,1-3H3,(H,19,20,21). The third-order valence-corrected chi connectivity index (χ3v) is 4.59. The second-order valence-corrected chi connectivity index (χ2v) is 6.53. The average molecular weight is 341 g/mol. The fourth-order valence-corrected chi connectivity index (χ4v) is 3.29. The maximum absolute atomic E-state index is 12.1. The molecule has 0 atom stereocenters. The number of nitrogens with one attached hydrogen (secondary N) is 1. The number of nitrogens with zero attached hydrogens (tertiary/aromatic N) is 2. The average Bonchev–Trinajstić information content (AvgIpc) is 3.01. The van der Waals surface area contributed by atoms with E-state index in [1.54, 1.807) is 12.3 Å². The topological polar surface area (TPSA) is 64.1 Å². The van der Waals surface area contributed by atoms with Crippen LogP contribution in [0, 0.1) is 0 Å². The van der Waals surface area contributed by atoms with E-state index in [2.05, 4.69) is 41.3 Å². The minimum absolute atomic E-state index is 0.337. The van der Waals surface area contributed by atoms with Gasteiger partial charge >= 0.3 is 5.97 Å². The van der Waals surface area contributed by atoms with Gasteiger partial charge in [0.2, 0.25) is 0 Å². The summed E-state index contributed by atoms with van der Waals surface area (Å²) in [6, 6.07) is 8.20. The second kappa shape index (κ2) is 6.97. The maximum atomic E-state index is 12.1. The Morgan fingerprint density at radius 3 is 2.67 bits per heavy atom. The lowest BCUT2D eigenvalue weighted by Gasteiger charge is -2.10. The van der Waals surface area contributed by atoms with Gasteiger partial charge in [-0.3, -0.25) is 0 Å². The Labute approximate surface area is 144 Å². The van der Waals surface area contributed by atoms with Gasteiger partial charge in [-0.25, -0.2) is 14.8 Å². The molecular formula is C18H19N3O2S. The molecule has 0 saturated heterocycles. The molecule has 0 bridgehead atoms. The number of aromatic nitrogens is 2. The Balaban J connectivity index is 1.97. The van der Waals surface area contributed by atoms with Crippen molar-refractivity contribution in [2.75, 3.05) is 11.9 Å². The maximum Gasteiger partial charge on any atom is 0.339 e. The zero-order chi connectivity index (χ0) is 17.1. The summed E-state index contributed by atoms with van der Waals surface area (Å²) in [5, 5.41) is 5.76. The van der Waals surface area contributed by atoms with Crippen molar-refractivity contribution in [3.63, 3.8) is 0 Å². The predicted octanol–water partition coefficient (Wildman–Crippen LogP) is 4.74. The lowest BCUT2D eigenvalue weighted by atomic mass is 10.0. The summed E-state index contributed by atoms with van der Waals surface area (Å²) in [6.45, 7) is 6.45. The molecule has 5 nitrogen and oxygen atoms in total. The number of anilines is 2. The Hall–Kier alpha value is -2.47. The van der Waals surface area contributed by atoms with Gasteiger partial charge in [0.05, 0.1) is 17.6 Å². The zero-order valence-corrected chi connectivity index (χ0v) is 14.7. The fraction of sp³-hybridized carbons (Fsp3) is 0.278. The van der Waals surface area contributed by atoms with Crippen LogP contribution in [0.1, 0.15) is 42.6 Å². The highest BCUT2D eigenvalue weighted by molar-refractivity contribution is 7.17. The molecule has 0 unspecified atom stereocenters. The summed E-state index contributed by atoms with van der Waals surface area (Å²) in [5.74, 6) is 0.746. The number of hydrogen-bond donors (Lipinski definition) is 1. The SMILES string of the molecule is CCOC(=O)c1csc2ncnc(Nc3ccc(C(C)C)cc3)c12. The van der Waals surface area contributed by atoms with Gasteiger partial charge in [-0.05, 0) is 30.5 Å². The van der Waals surface area contributed by atoms with E-state index in [4.69, 9.17) is 4.74 Å². The van der Waals surface area contributed by atoms with E-state index in [0.29, 0.717) is 29.3 Å². The number of ether oxygens (including phenoxy) is 1. The molecule has 24 heavy (non-hydrogen) atoms. The molecule has 0 aliphatic rings. The third kappa shape index (κ3) is 3.23. The molecule has 1 N–H and O–H groups in total. The number of carbonyl (C=O) groups excluding carboxylic acids is 1. The Morgan fingerprint density at radius 1 is 1.25 bits per heavy atom. The van der Waals surface area contributed by atoms with Gasteiger partial charge in [0.15, 0.2) is 0 Å². The van der Waals surface area contributed by atoms with Gasteiger partial charge in [-0.15, -0.1) is 11.3 Å². The van der Waals surface area contributed by atoms with Crippen molar-refractivity contribution in [3.05, 3.63) is 47.1 Å². The molecule has 2 heterocycles. The molecule has 0 fully saturated rings. The normalized spacial score (nSPS) is 11.0. The van der Waals surface area contributed by atoms with Crippen LogP contribution in [0.4, 0.5) is 11.5 Å². The van der Waals surface area contributed by atoms with Crippen LogP contribution in [-0.2, 0) is 4.74 Å². The summed E-state index contributed by atoms with van der Waals surface area (Å²) in [6.07, 6.45) is 1.50. The first-order valence-corrected chi connectivity index (χ1v) is 8.74. The van der Waals surface area contributed by atoms with Crippen LogP contribution in [-0.4, -0.2) is 22.5 Å². The number of thiophene rings is 1. The lowest BCUT2D eigenvalue weighted by Crippen LogP contribution is -2.05. The zero-order valence-electron chi connectivity index (χ0n) is 13.9. The van der Waals surface area contributed by atoms with Crippen molar-refractivity contribution in [3.8, 4) is 0 Å². The molecule has 0 saturated carbocycles. The van der Waals surface area contributed by atoms with Crippen molar-refractivity contribution in [1.29, 1.82) is 0 Å². The van der Waals surface area contributed by atoms with E-state index in [0.717, 1.165) is 10.5 Å². The van der Waals surface area contributed by atoms with Crippen molar-refractivity contribution in [2.45, 2.75) is 26.7 Å². The summed E-state index contributed by atoms with van der Waals surface area (Å²) < 4.78 is 5.13. The van der Waals surface area contributed by atoms with Crippen molar-refractivity contribution >= 4 is 39.0 Å². The quantitative estimate of drug-likeness (QED) is 0.679. The molecule has 0 spiro atoms. The van der Waals surface area contributed by atoms with Crippen molar-refractivity contribution < 1.29 is 9.53 Å². The Bertz CT molecular complexity index is 856. The molecule has 1 aromatic carbocycles. The largest absolute Gasteiger partial charge is 0.462 e. The van der Waals surface area contributed by atoms with Gasteiger partial charge in [-0.1, -0.05) is 26.0 Å². The minimum Gasteiger partial charge on any atom is -0.462 e. The van der Waals surface area contributed by atoms with Crippen LogP contribution in [0.2, 0.25) is 0 Å². The van der Waals surface area contributed by atoms with Crippen molar-refractivity contribution in [1.82, 2.24) is 9.97 Å². The number of carbonyl (C=O) groups is 1. The number of hydrogen-bond acceptors (Lipinski definition) is 6. The molecular weight excluding hydrogens is 322 g/mol. The van der Waals surface area contributed by atoms with E-state index in [1.165, 1.54) is 23.2 Å². The van der Waals surface area contributed by atoms with E-state index in [9.17, 15) is 4.79 Å². The van der Waals surface area contributed by atoms with E-state index in [1.807, 2.05) is 12.1 Å². The van der Waals surface area contributed by atoms with Crippen LogP contribution in [0.25, 0.3) is 10.2 Å². The third-order valence-electron chi connectivity index (χ3n) is 3.71. The van der Waals surface area contributed by atoms with E-state index >= 15 is 0 Å². The molecule has 2 aromatic heterocycles. The highest BCUT2D eigenvalue weighted by Gasteiger charge is 2.18. The van der Waals surface area contributed by atoms with Crippen molar-refractivity contribution in [2.24, 2.45) is 0 Å². The van der Waals surface area contributed by atoms with Crippen LogP contribution in [0.5, 0.6) is 0 Å². The molecule has 6 heteroatoms. The smallest absolute Gasteiger partial charge is 0.339 e. The monoisotopic (exact) mass is 341 g/mol. The van der Waals surface area contributed by atoms with Gasteiger partial charge in [0.1, 0.15) is 17.0 Å². The first-order valence-electron chi connectivity index (χ1n) is 7.86. The number of fused-ring (bicyclic) bond motifs is 1. The van der Waals surface area contributed by atoms with E-state index in [-0.39, 0.29) is 5.97 Å². The summed E-state index contributed by atoms with van der Waals surface area (Å²) in [5.41, 5.74) is 2.69. The van der Waals surface area contributed by atoms with Gasteiger partial charge in [0, 0.05) is 11.1 Å². The van der Waals surface area contributed by atoms with Crippen LogP contribution in [0.15, 0.2) is 36.0 Å². The first-order chi connectivity index (χ1) is 11.6. The van der Waals surface area contributed by atoms with Crippen LogP contribution >= 0.6 is 11.3 Å². The van der Waals surface area contributed by atoms with Gasteiger partial charge < -0.3 is 10.1 Å². The molecule has 0 amide bonds. The molecule has 3 aromatic rings. The molecule has 3 rings (SSSR count). The summed E-state index contributed by atoms with van der Waals surface area (Å²) >= 11 is 1.41. The molecule has 0 aliphatic carbocycles. The Morgan fingerprint density at radius 2 is 2.00 bits per heavy atom. The highest BCUT2D eigenvalue weighted by Crippen LogP contribution is 2.31. The van der Waals surface area contributed by atoms with Gasteiger partial charge in [0.25, 0.3) is 0 Å². The molecule has 0 radical (unpaired) electrons. The summed E-state index contributed by atoms with van der Waals surface area (Å²) in [4.78, 5) is 21.5. The number of rotatable bonds is 5. The van der Waals surface area contributed by atoms with Crippen LogP contribution in [0.3, 0.4) is 0 Å². The predicted molar refractivity (Wildman–Crippen MR) is 97.2 cm³/mol. The van der Waals surface area contributed by atoms with Gasteiger partial charge in [-0.2, -0.15) is 0 Å². The van der Waals surface area contributed by atoms with Crippen LogP contribution < -0.4 is 5.32 Å². The van der Waals surface area contributed by atoms with E-state index < -0.39 is 0 Å². The number of benzene rings is 1. The Kier molecular flexibility index (Phi) is 4.76. The number of esters is 1. The fourth-order valence-electron chi connectivity index (χ4n) is 2.42. The highest BCUT2D eigenvalue weighted by atomic mass is 32.1. The molecule has 124 valence electrons. The molecule has 0 aliphatic heterocycles. The minimum atomic E-state index is -0.350. The first kappa shape index (κ1) is 16.4. The second-order valence-electron chi connectivity index (χ2n) is 5.67. The lowest BCUT2D eigenvalue weighted by molar-refractivity contribution is 0.0529. The summed E-state index contributed by atoms with van der Waals surface area (Å²) in [7, 11) is 0.